The average molecular weight is 404 g/mol. The molecule has 0 radical (unpaired) electrons. The molecule has 0 saturated heterocycles. The van der Waals surface area contributed by atoms with Gasteiger partial charge in [-0.2, -0.15) is 0 Å². The number of Topliss-reactive ketones (excluding diaryl/α,β-unsaturated/α-hetero) is 1. The van der Waals surface area contributed by atoms with Crippen LogP contribution in [0.3, 0.4) is 0 Å². The van der Waals surface area contributed by atoms with Gasteiger partial charge >= 0.3 is 0 Å². The molecule has 0 fully saturated rings. The van der Waals surface area contributed by atoms with Gasteiger partial charge in [-0.25, -0.2) is 8.78 Å². The zero-order valence-electron chi connectivity index (χ0n) is 17.1. The summed E-state index contributed by atoms with van der Waals surface area (Å²) in [6, 6.07) is 6.54. The molecule has 7 heteroatoms. The highest BCUT2D eigenvalue weighted by Crippen LogP contribution is 2.28. The van der Waals surface area contributed by atoms with E-state index in [0.717, 1.165) is 16.7 Å². The van der Waals surface area contributed by atoms with Crippen LogP contribution in [-0.2, 0) is 11.2 Å². The Labute approximate surface area is 169 Å². The fourth-order valence-corrected chi connectivity index (χ4v) is 3.01. The van der Waals surface area contributed by atoms with Crippen LogP contribution in [0.2, 0.25) is 0 Å². The van der Waals surface area contributed by atoms with Crippen LogP contribution >= 0.6 is 0 Å². The van der Waals surface area contributed by atoms with E-state index in [2.05, 4.69) is 10.3 Å². The monoisotopic (exact) mass is 404 g/mol. The van der Waals surface area contributed by atoms with E-state index in [9.17, 15) is 18.4 Å². The first-order chi connectivity index (χ1) is 13.7. The molecule has 1 unspecified atom stereocenters. The normalized spacial score (nSPS) is 12.0. The molecule has 1 atom stereocenters. The van der Waals surface area contributed by atoms with Crippen LogP contribution in [0.1, 0.15) is 59.1 Å². The molecule has 1 aromatic carbocycles. The lowest BCUT2D eigenvalue weighted by Crippen LogP contribution is -2.27. The van der Waals surface area contributed by atoms with Crippen LogP contribution < -0.4 is 10.1 Å². The van der Waals surface area contributed by atoms with Crippen LogP contribution in [0.25, 0.3) is 0 Å². The van der Waals surface area contributed by atoms with Crippen molar-refractivity contribution in [2.45, 2.75) is 53.0 Å². The molecule has 2 aromatic rings. The highest BCUT2D eigenvalue weighted by atomic mass is 19.3. The summed E-state index contributed by atoms with van der Waals surface area (Å²) in [4.78, 5) is 28.4. The second-order valence-corrected chi connectivity index (χ2v) is 6.99. The fraction of sp³-hybridized carbons (Fsp3) is 0.409. The number of nitrogens with one attached hydrogen (secondary N) is 1. The predicted octanol–water partition coefficient (Wildman–Crippen LogP) is 4.35. The minimum atomic E-state index is -2.54. The summed E-state index contributed by atoms with van der Waals surface area (Å²) in [6.45, 7) is 6.54. The molecule has 0 aliphatic heterocycles. The third-order valence-corrected chi connectivity index (χ3v) is 4.54. The standard InChI is InChI=1S/C22H26F2N2O3/c1-5-19(27)11-18-10-16(6-7-25-18)22(28)26-15(4)17-8-13(2)21(14(3)9-17)29-12-20(23)24/h6-10,15,20H,5,11-12H2,1-4H3,(H,26,28). The van der Waals surface area contributed by atoms with E-state index in [-0.39, 0.29) is 24.2 Å². The number of nitrogens with zero attached hydrogens (tertiary/aromatic N) is 1. The van der Waals surface area contributed by atoms with Gasteiger partial charge in [0, 0.05) is 30.3 Å². The van der Waals surface area contributed by atoms with E-state index in [4.69, 9.17) is 4.74 Å². The topological polar surface area (TPSA) is 68.3 Å². The first-order valence-electron chi connectivity index (χ1n) is 9.50. The number of carbonyl (C=O) groups is 2. The second kappa shape index (κ2) is 10.1. The molecule has 5 nitrogen and oxygen atoms in total. The lowest BCUT2D eigenvalue weighted by molar-refractivity contribution is -0.118. The number of hydrogen-bond acceptors (Lipinski definition) is 4. The van der Waals surface area contributed by atoms with Gasteiger partial charge in [0.15, 0.2) is 0 Å². The van der Waals surface area contributed by atoms with Crippen molar-refractivity contribution in [2.24, 2.45) is 0 Å². The van der Waals surface area contributed by atoms with Crippen molar-refractivity contribution in [2.75, 3.05) is 6.61 Å². The molecule has 29 heavy (non-hydrogen) atoms. The molecule has 1 heterocycles. The van der Waals surface area contributed by atoms with Gasteiger partial charge in [0.05, 0.1) is 6.04 Å². The number of halogens is 2. The Morgan fingerprint density at radius 1 is 1.17 bits per heavy atom. The van der Waals surface area contributed by atoms with Crippen LogP contribution in [-0.4, -0.2) is 29.7 Å². The molecule has 1 N–H and O–H groups in total. The van der Waals surface area contributed by atoms with Gasteiger partial charge in [-0.05, 0) is 49.6 Å². The summed E-state index contributed by atoms with van der Waals surface area (Å²) in [5.74, 6) is 0.217. The number of ether oxygens (including phenoxy) is 1. The maximum Gasteiger partial charge on any atom is 0.272 e. The van der Waals surface area contributed by atoms with E-state index in [1.54, 1.807) is 32.9 Å². The number of rotatable bonds is 9. The summed E-state index contributed by atoms with van der Waals surface area (Å²) < 4.78 is 30.0. The lowest BCUT2D eigenvalue weighted by atomic mass is 10.0. The first-order valence-corrected chi connectivity index (χ1v) is 9.50. The smallest absolute Gasteiger partial charge is 0.272 e. The molecular weight excluding hydrogens is 378 g/mol. The Balaban J connectivity index is 2.11. The largest absolute Gasteiger partial charge is 0.487 e. The molecule has 0 aliphatic carbocycles. The van der Waals surface area contributed by atoms with Crippen LogP contribution in [0.15, 0.2) is 30.5 Å². The van der Waals surface area contributed by atoms with Crippen molar-refractivity contribution >= 4 is 11.7 Å². The number of amides is 1. The second-order valence-electron chi connectivity index (χ2n) is 6.99. The Bertz CT molecular complexity index is 861. The maximum absolute atomic E-state index is 12.6. The number of benzene rings is 1. The number of ketones is 1. The van der Waals surface area contributed by atoms with Gasteiger partial charge in [-0.15, -0.1) is 0 Å². The summed E-state index contributed by atoms with van der Waals surface area (Å²) in [6.07, 6.45) is -0.401. The molecular formula is C22H26F2N2O3. The van der Waals surface area contributed by atoms with Crippen LogP contribution in [0.5, 0.6) is 5.75 Å². The quantitative estimate of drug-likeness (QED) is 0.675. The van der Waals surface area contributed by atoms with Crippen LogP contribution in [0.4, 0.5) is 8.78 Å². The van der Waals surface area contributed by atoms with E-state index in [1.807, 2.05) is 19.1 Å². The zero-order chi connectivity index (χ0) is 21.6. The fourth-order valence-electron chi connectivity index (χ4n) is 3.01. The summed E-state index contributed by atoms with van der Waals surface area (Å²) in [7, 11) is 0. The van der Waals surface area contributed by atoms with Gasteiger partial charge in [-0.3, -0.25) is 14.6 Å². The average Bonchev–Trinajstić information content (AvgIpc) is 2.66. The predicted molar refractivity (Wildman–Crippen MR) is 107 cm³/mol. The number of carbonyl (C=O) groups excluding carboxylic acids is 2. The number of hydrogen-bond donors (Lipinski definition) is 1. The third-order valence-electron chi connectivity index (χ3n) is 4.54. The Morgan fingerprint density at radius 3 is 2.41 bits per heavy atom. The summed E-state index contributed by atoms with van der Waals surface area (Å²) >= 11 is 0. The molecule has 156 valence electrons. The number of aryl methyl sites for hydroxylation is 2. The molecule has 1 amide bonds. The van der Waals surface area contributed by atoms with Crippen molar-refractivity contribution < 1.29 is 23.1 Å². The molecule has 0 spiro atoms. The minimum Gasteiger partial charge on any atom is -0.487 e. The van der Waals surface area contributed by atoms with Crippen molar-refractivity contribution in [1.29, 1.82) is 0 Å². The van der Waals surface area contributed by atoms with E-state index < -0.39 is 13.0 Å². The number of pyridine rings is 1. The third kappa shape index (κ3) is 6.34. The number of alkyl halides is 2. The Kier molecular flexibility index (Phi) is 7.82. The molecule has 0 saturated carbocycles. The zero-order valence-corrected chi connectivity index (χ0v) is 17.1. The highest BCUT2D eigenvalue weighted by molar-refractivity contribution is 5.94. The van der Waals surface area contributed by atoms with E-state index >= 15 is 0 Å². The Morgan fingerprint density at radius 2 is 1.83 bits per heavy atom. The Hall–Kier alpha value is -2.83. The molecule has 1 aromatic heterocycles. The van der Waals surface area contributed by atoms with E-state index in [1.165, 1.54) is 6.20 Å². The summed E-state index contributed by atoms with van der Waals surface area (Å²) in [5.41, 5.74) is 3.28. The van der Waals surface area contributed by atoms with Gasteiger partial charge < -0.3 is 10.1 Å². The SMILES string of the molecule is CCC(=O)Cc1cc(C(=O)NC(C)c2cc(C)c(OCC(F)F)c(C)c2)ccn1. The van der Waals surface area contributed by atoms with Gasteiger partial charge in [0.25, 0.3) is 12.3 Å². The van der Waals surface area contributed by atoms with Crippen molar-refractivity contribution in [3.8, 4) is 5.75 Å². The molecule has 2 rings (SSSR count). The van der Waals surface area contributed by atoms with Crippen LogP contribution in [0, 0.1) is 13.8 Å². The number of aromatic nitrogens is 1. The molecule has 0 bridgehead atoms. The van der Waals surface area contributed by atoms with Gasteiger partial charge in [0.2, 0.25) is 0 Å². The maximum atomic E-state index is 12.6. The molecule has 0 aliphatic rings. The van der Waals surface area contributed by atoms with E-state index in [0.29, 0.717) is 23.4 Å². The minimum absolute atomic E-state index is 0.0588. The van der Waals surface area contributed by atoms with Crippen molar-refractivity contribution in [3.63, 3.8) is 0 Å². The van der Waals surface area contributed by atoms with Crippen molar-refractivity contribution in [3.05, 3.63) is 58.4 Å². The van der Waals surface area contributed by atoms with Gasteiger partial charge in [0.1, 0.15) is 18.1 Å². The lowest BCUT2D eigenvalue weighted by Gasteiger charge is -2.19. The van der Waals surface area contributed by atoms with Crippen molar-refractivity contribution in [1.82, 2.24) is 10.3 Å². The first kappa shape index (κ1) is 22.5. The van der Waals surface area contributed by atoms with Gasteiger partial charge in [-0.1, -0.05) is 19.1 Å². The summed E-state index contributed by atoms with van der Waals surface area (Å²) in [5, 5.41) is 2.92. The highest BCUT2D eigenvalue weighted by Gasteiger charge is 2.16.